The van der Waals surface area contributed by atoms with Gasteiger partial charge in [0, 0.05) is 23.7 Å². The molecule has 0 aromatic heterocycles. The Hall–Kier alpha value is -0.480. The van der Waals surface area contributed by atoms with Crippen LogP contribution in [0.15, 0.2) is 12.1 Å². The first-order valence-corrected chi connectivity index (χ1v) is 5.65. The first kappa shape index (κ1) is 13.6. The van der Waals surface area contributed by atoms with E-state index in [1.807, 2.05) is 0 Å². The molecule has 90 valence electrons. The van der Waals surface area contributed by atoms with Gasteiger partial charge in [-0.1, -0.05) is 23.2 Å². The summed E-state index contributed by atoms with van der Waals surface area (Å²) in [5.74, 6) is 0.0225. The van der Waals surface area contributed by atoms with Crippen LogP contribution < -0.4 is 5.32 Å². The van der Waals surface area contributed by atoms with E-state index in [-0.39, 0.29) is 10.8 Å². The molecule has 0 aliphatic rings. The molecule has 0 heterocycles. The summed E-state index contributed by atoms with van der Waals surface area (Å²) in [6.45, 7) is 4.21. The molecule has 0 radical (unpaired) electrons. The van der Waals surface area contributed by atoms with Crippen LogP contribution in [-0.2, 0) is 6.54 Å². The smallest absolute Gasteiger partial charge is 0.138 e. The number of benzene rings is 1. The quantitative estimate of drug-likeness (QED) is 0.783. The van der Waals surface area contributed by atoms with E-state index in [1.54, 1.807) is 19.9 Å². The molecule has 0 saturated carbocycles. The normalized spacial score (nSPS) is 11.8. The fraction of sp³-hybridized carbons (Fsp3) is 0.455. The van der Waals surface area contributed by atoms with Crippen LogP contribution in [0, 0.1) is 0 Å². The molecule has 1 rings (SSSR count). The van der Waals surface area contributed by atoms with Crippen LogP contribution in [0.25, 0.3) is 0 Å². The highest BCUT2D eigenvalue weighted by atomic mass is 35.5. The summed E-state index contributed by atoms with van der Waals surface area (Å²) in [5, 5.41) is 22.9. The fourth-order valence-corrected chi connectivity index (χ4v) is 1.79. The van der Waals surface area contributed by atoms with Crippen molar-refractivity contribution in [2.45, 2.75) is 26.0 Å². The number of nitrogens with one attached hydrogen (secondary N) is 1. The Bertz CT molecular complexity index is 375. The molecule has 5 heteroatoms. The lowest BCUT2D eigenvalue weighted by Crippen LogP contribution is -2.34. The molecule has 0 spiro atoms. The second-order valence-electron chi connectivity index (χ2n) is 4.31. The maximum absolute atomic E-state index is 9.66. The number of phenolic OH excluding ortho intramolecular Hbond substituents is 1. The number of hydrogen-bond acceptors (Lipinski definition) is 3. The van der Waals surface area contributed by atoms with Gasteiger partial charge in [-0.3, -0.25) is 0 Å². The summed E-state index contributed by atoms with van der Waals surface area (Å²) in [7, 11) is 0. The van der Waals surface area contributed by atoms with Crippen LogP contribution in [0.4, 0.5) is 0 Å². The molecule has 0 fully saturated rings. The largest absolute Gasteiger partial charge is 0.506 e. The van der Waals surface area contributed by atoms with Gasteiger partial charge in [-0.05, 0) is 26.0 Å². The molecule has 0 bridgehead atoms. The summed E-state index contributed by atoms with van der Waals surface area (Å²) in [5.41, 5.74) is -0.181. The lowest BCUT2D eigenvalue weighted by Gasteiger charge is -2.18. The Morgan fingerprint density at radius 3 is 2.50 bits per heavy atom. The number of hydrogen-bond donors (Lipinski definition) is 3. The summed E-state index contributed by atoms with van der Waals surface area (Å²) in [6.07, 6.45) is 0. The first-order chi connectivity index (χ1) is 7.29. The van der Waals surface area contributed by atoms with E-state index >= 15 is 0 Å². The van der Waals surface area contributed by atoms with Crippen LogP contribution in [0.2, 0.25) is 10.0 Å². The lowest BCUT2D eigenvalue weighted by molar-refractivity contribution is 0.0794. The molecule has 0 saturated heterocycles. The highest BCUT2D eigenvalue weighted by molar-refractivity contribution is 6.35. The number of rotatable bonds is 4. The van der Waals surface area contributed by atoms with Crippen LogP contribution in [0.1, 0.15) is 19.4 Å². The lowest BCUT2D eigenvalue weighted by atomic mass is 10.1. The van der Waals surface area contributed by atoms with Gasteiger partial charge in [0.25, 0.3) is 0 Å². The van der Waals surface area contributed by atoms with Gasteiger partial charge in [0.15, 0.2) is 0 Å². The Balaban J connectivity index is 2.67. The molecule has 0 aliphatic heterocycles. The SMILES string of the molecule is CC(C)(O)CNCc1cc(Cl)cc(Cl)c1O. The first-order valence-electron chi connectivity index (χ1n) is 4.89. The van der Waals surface area contributed by atoms with Crippen molar-refractivity contribution in [3.63, 3.8) is 0 Å². The third-order valence-electron chi connectivity index (χ3n) is 1.98. The third kappa shape index (κ3) is 4.18. The minimum Gasteiger partial charge on any atom is -0.506 e. The third-order valence-corrected chi connectivity index (χ3v) is 2.49. The highest BCUT2D eigenvalue weighted by Gasteiger charge is 2.13. The van der Waals surface area contributed by atoms with Crippen LogP contribution in [0.3, 0.4) is 0 Å². The zero-order chi connectivity index (χ0) is 12.3. The van der Waals surface area contributed by atoms with Gasteiger partial charge in [-0.2, -0.15) is 0 Å². The topological polar surface area (TPSA) is 52.5 Å². The average molecular weight is 264 g/mol. The predicted molar refractivity (Wildman–Crippen MR) is 66.1 cm³/mol. The van der Waals surface area contributed by atoms with Crippen molar-refractivity contribution in [2.24, 2.45) is 0 Å². The molecule has 1 aromatic carbocycles. The van der Waals surface area contributed by atoms with E-state index in [0.29, 0.717) is 23.7 Å². The summed E-state index contributed by atoms with van der Waals surface area (Å²) in [6, 6.07) is 3.12. The molecule has 0 unspecified atom stereocenters. The Labute approximate surface area is 105 Å². The molecule has 16 heavy (non-hydrogen) atoms. The second-order valence-corrected chi connectivity index (χ2v) is 5.15. The summed E-state index contributed by atoms with van der Waals surface area (Å²) in [4.78, 5) is 0. The second kappa shape index (κ2) is 5.23. The van der Waals surface area contributed by atoms with E-state index < -0.39 is 5.60 Å². The predicted octanol–water partition coefficient (Wildman–Crippen LogP) is 2.56. The van der Waals surface area contributed by atoms with Gasteiger partial charge in [0.1, 0.15) is 5.75 Å². The molecular formula is C11H15Cl2NO2. The average Bonchev–Trinajstić information content (AvgIpc) is 2.11. The van der Waals surface area contributed by atoms with Gasteiger partial charge in [-0.25, -0.2) is 0 Å². The molecular weight excluding hydrogens is 249 g/mol. The van der Waals surface area contributed by atoms with Crippen LogP contribution >= 0.6 is 23.2 Å². The zero-order valence-corrected chi connectivity index (χ0v) is 10.7. The van der Waals surface area contributed by atoms with Crippen molar-refractivity contribution in [1.82, 2.24) is 5.32 Å². The fourth-order valence-electron chi connectivity index (χ4n) is 1.26. The summed E-state index contributed by atoms with van der Waals surface area (Å²) < 4.78 is 0. The van der Waals surface area contributed by atoms with E-state index in [0.717, 1.165) is 0 Å². The van der Waals surface area contributed by atoms with Gasteiger partial charge in [0.05, 0.1) is 10.6 Å². The Morgan fingerprint density at radius 2 is 1.94 bits per heavy atom. The standard InChI is InChI=1S/C11H15Cl2NO2/c1-11(2,16)6-14-5-7-3-8(12)4-9(13)10(7)15/h3-4,14-16H,5-6H2,1-2H3. The van der Waals surface area contributed by atoms with Crippen molar-refractivity contribution in [3.05, 3.63) is 27.7 Å². The molecule has 3 N–H and O–H groups in total. The van der Waals surface area contributed by atoms with Gasteiger partial charge in [0.2, 0.25) is 0 Å². The van der Waals surface area contributed by atoms with Crippen molar-refractivity contribution < 1.29 is 10.2 Å². The van der Waals surface area contributed by atoms with Crippen LogP contribution in [0.5, 0.6) is 5.75 Å². The maximum atomic E-state index is 9.66. The minimum absolute atomic E-state index is 0.0225. The highest BCUT2D eigenvalue weighted by Crippen LogP contribution is 2.30. The zero-order valence-electron chi connectivity index (χ0n) is 9.22. The minimum atomic E-state index is -0.794. The number of halogens is 2. The molecule has 0 aliphatic carbocycles. The molecule has 3 nitrogen and oxygen atoms in total. The van der Waals surface area contributed by atoms with Gasteiger partial charge < -0.3 is 15.5 Å². The molecule has 0 atom stereocenters. The van der Waals surface area contributed by atoms with Gasteiger partial charge in [-0.15, -0.1) is 0 Å². The van der Waals surface area contributed by atoms with E-state index in [2.05, 4.69) is 5.32 Å². The van der Waals surface area contributed by atoms with Crippen molar-refractivity contribution >= 4 is 23.2 Å². The Morgan fingerprint density at radius 1 is 1.31 bits per heavy atom. The molecule has 0 amide bonds. The number of phenols is 1. The van der Waals surface area contributed by atoms with Gasteiger partial charge >= 0.3 is 0 Å². The van der Waals surface area contributed by atoms with E-state index in [9.17, 15) is 10.2 Å². The van der Waals surface area contributed by atoms with Crippen molar-refractivity contribution in [2.75, 3.05) is 6.54 Å². The number of aliphatic hydroxyl groups is 1. The number of aromatic hydroxyl groups is 1. The van der Waals surface area contributed by atoms with Crippen LogP contribution in [-0.4, -0.2) is 22.4 Å². The molecule has 1 aromatic rings. The summed E-state index contributed by atoms with van der Waals surface area (Å²) >= 11 is 11.6. The van der Waals surface area contributed by atoms with Crippen molar-refractivity contribution in [3.8, 4) is 5.75 Å². The maximum Gasteiger partial charge on any atom is 0.138 e. The van der Waals surface area contributed by atoms with Crippen molar-refractivity contribution in [1.29, 1.82) is 0 Å². The Kier molecular flexibility index (Phi) is 4.44. The van der Waals surface area contributed by atoms with E-state index in [4.69, 9.17) is 23.2 Å². The van der Waals surface area contributed by atoms with E-state index in [1.165, 1.54) is 6.07 Å². The monoisotopic (exact) mass is 263 g/mol.